The average Bonchev–Trinajstić information content (AvgIpc) is 2.33. The van der Waals surface area contributed by atoms with E-state index in [-0.39, 0.29) is 5.48 Å². The van der Waals surface area contributed by atoms with Gasteiger partial charge in [-0.25, -0.2) is 0 Å². The first-order chi connectivity index (χ1) is 4.47. The molecule has 0 heterocycles. The van der Waals surface area contributed by atoms with E-state index >= 15 is 0 Å². The summed E-state index contributed by atoms with van der Waals surface area (Å²) < 4.78 is 0. The van der Waals surface area contributed by atoms with E-state index in [0.29, 0.717) is 0 Å². The Morgan fingerprint density at radius 1 is 1.10 bits per heavy atom. The molecule has 0 N–H and O–H groups in total. The van der Waals surface area contributed by atoms with Gasteiger partial charge < -0.3 is 0 Å². The summed E-state index contributed by atoms with van der Waals surface area (Å²) in [6.45, 7) is 0. The van der Waals surface area contributed by atoms with Gasteiger partial charge in [0.25, 0.3) is 0 Å². The molecule has 0 aromatic heterocycles. The predicted molar refractivity (Wildman–Crippen MR) is 39.9 cm³/mol. The van der Waals surface area contributed by atoms with E-state index in [1.807, 2.05) is 0 Å². The molecule has 0 fully saturated rings. The van der Waals surface area contributed by atoms with Gasteiger partial charge in [0.2, 0.25) is 0 Å². The van der Waals surface area contributed by atoms with Crippen molar-refractivity contribution < 1.29 is 5.48 Å². The molecular weight excluding hydrogens is 124 g/mol. The number of allylic oxidation sites excluding steroid dienone is 1. The van der Waals surface area contributed by atoms with Gasteiger partial charge in [0.05, 0.1) is 0 Å². The quantitative estimate of drug-likeness (QED) is 0.517. The minimum atomic E-state index is 0. The Bertz CT molecular complexity index is 251. The van der Waals surface area contributed by atoms with Crippen LogP contribution in [0.5, 0.6) is 0 Å². The Balaban J connectivity index is 0.000000500. The van der Waals surface area contributed by atoms with Crippen LogP contribution < -0.4 is 0 Å². The molecule has 2 radical (unpaired) electrons. The summed E-state index contributed by atoms with van der Waals surface area (Å²) in [7, 11) is 0. The van der Waals surface area contributed by atoms with E-state index in [1.54, 1.807) is 0 Å². The summed E-state index contributed by atoms with van der Waals surface area (Å²) in [5.41, 5.74) is 2.84. The number of fused-ring (bicyclic) bond motifs is 1. The monoisotopic (exact) mass is 132 g/mol. The molecule has 50 valence electrons. The average molecular weight is 132 g/mol. The van der Waals surface area contributed by atoms with E-state index in [0.717, 1.165) is 6.42 Å². The third-order valence-electron chi connectivity index (χ3n) is 1.69. The van der Waals surface area contributed by atoms with Crippen molar-refractivity contribution >= 4 is 6.08 Å². The zero-order chi connectivity index (χ0) is 6.10. The molecule has 1 heteroatoms. The van der Waals surface area contributed by atoms with Crippen molar-refractivity contribution in [2.24, 2.45) is 0 Å². The third kappa shape index (κ3) is 0.957. The first-order valence-electron chi connectivity index (χ1n) is 3.21. The summed E-state index contributed by atoms with van der Waals surface area (Å²) in [5, 5.41) is 0. The van der Waals surface area contributed by atoms with Gasteiger partial charge in [-0.1, -0.05) is 36.4 Å². The lowest BCUT2D eigenvalue weighted by Crippen LogP contribution is -1.76. The molecule has 2 rings (SSSR count). The summed E-state index contributed by atoms with van der Waals surface area (Å²) in [5.74, 6) is 0. The van der Waals surface area contributed by atoms with E-state index in [2.05, 4.69) is 36.4 Å². The lowest BCUT2D eigenvalue weighted by atomic mass is 10.1. The highest BCUT2D eigenvalue weighted by molar-refractivity contribution is 5.59. The van der Waals surface area contributed by atoms with Crippen LogP contribution in [0.25, 0.3) is 6.08 Å². The molecule has 10 heavy (non-hydrogen) atoms. The van der Waals surface area contributed by atoms with Crippen LogP contribution in [-0.2, 0) is 11.9 Å². The zero-order valence-electron chi connectivity index (χ0n) is 5.58. The smallest absolute Gasteiger partial charge is 0 e. The Labute approximate surface area is 60.3 Å². The fourth-order valence-corrected chi connectivity index (χ4v) is 1.20. The lowest BCUT2D eigenvalue weighted by Gasteiger charge is -1.93. The van der Waals surface area contributed by atoms with Gasteiger partial charge in [0.15, 0.2) is 0 Å². The number of benzene rings is 1. The van der Waals surface area contributed by atoms with Crippen molar-refractivity contribution in [1.82, 2.24) is 0 Å². The normalized spacial score (nSPS) is 12.4. The second-order valence-electron chi connectivity index (χ2n) is 2.31. The van der Waals surface area contributed by atoms with Crippen LogP contribution in [-0.4, -0.2) is 0 Å². The molecule has 0 aliphatic heterocycles. The topological polar surface area (TPSA) is 28.5 Å². The Morgan fingerprint density at radius 2 is 1.90 bits per heavy atom. The maximum Gasteiger partial charge on any atom is 0 e. The van der Waals surface area contributed by atoms with Crippen molar-refractivity contribution in [3.8, 4) is 0 Å². The van der Waals surface area contributed by atoms with Crippen molar-refractivity contribution in [3.63, 3.8) is 0 Å². The van der Waals surface area contributed by atoms with Gasteiger partial charge in [-0.15, -0.1) is 0 Å². The molecule has 0 bridgehead atoms. The highest BCUT2D eigenvalue weighted by Gasteiger charge is 2.00. The summed E-state index contributed by atoms with van der Waals surface area (Å²) in [6.07, 6.45) is 5.50. The van der Waals surface area contributed by atoms with E-state index in [4.69, 9.17) is 0 Å². The molecule has 1 nitrogen and oxygen atoms in total. The third-order valence-corrected chi connectivity index (χ3v) is 1.69. The van der Waals surface area contributed by atoms with Crippen LogP contribution in [0.15, 0.2) is 30.3 Å². The van der Waals surface area contributed by atoms with Crippen molar-refractivity contribution in [2.75, 3.05) is 0 Å². The fraction of sp³-hybridized carbons (Fsp3) is 0.111. The molecule has 0 spiro atoms. The Hall–Kier alpha value is -1.08. The maximum absolute atomic E-state index is 2.20. The zero-order valence-corrected chi connectivity index (χ0v) is 5.58. The first kappa shape index (κ1) is 7.03. The van der Waals surface area contributed by atoms with Gasteiger partial charge >= 0.3 is 0 Å². The van der Waals surface area contributed by atoms with Crippen LogP contribution in [0.1, 0.15) is 11.1 Å². The molecule has 0 unspecified atom stereocenters. The molecule has 0 saturated carbocycles. The molecule has 0 amide bonds. The Morgan fingerprint density at radius 3 is 2.70 bits per heavy atom. The van der Waals surface area contributed by atoms with E-state index < -0.39 is 0 Å². The molecule has 0 saturated heterocycles. The van der Waals surface area contributed by atoms with E-state index in [9.17, 15) is 0 Å². The van der Waals surface area contributed by atoms with Gasteiger partial charge in [0.1, 0.15) is 0 Å². The lowest BCUT2D eigenvalue weighted by molar-refractivity contribution is 0.686. The Kier molecular flexibility index (Phi) is 1.88. The van der Waals surface area contributed by atoms with Crippen LogP contribution in [0.2, 0.25) is 0 Å². The summed E-state index contributed by atoms with van der Waals surface area (Å²) in [6, 6.07) is 8.49. The van der Waals surface area contributed by atoms with Crippen LogP contribution in [0.4, 0.5) is 0 Å². The molecular formula is C9H8O. The second kappa shape index (κ2) is 2.67. The van der Waals surface area contributed by atoms with Crippen molar-refractivity contribution in [2.45, 2.75) is 6.42 Å². The van der Waals surface area contributed by atoms with E-state index in [1.165, 1.54) is 11.1 Å². The van der Waals surface area contributed by atoms with Crippen LogP contribution >= 0.6 is 0 Å². The van der Waals surface area contributed by atoms with Gasteiger partial charge in [-0.2, -0.15) is 0 Å². The molecule has 0 atom stereocenters. The SMILES string of the molecule is C1=Cc2ccccc2C1.[O]. The van der Waals surface area contributed by atoms with Crippen molar-refractivity contribution in [1.29, 1.82) is 0 Å². The molecule has 1 aliphatic carbocycles. The summed E-state index contributed by atoms with van der Waals surface area (Å²) in [4.78, 5) is 0. The molecule has 1 aromatic rings. The van der Waals surface area contributed by atoms with Gasteiger partial charge in [0, 0.05) is 5.48 Å². The molecule has 1 aliphatic rings. The maximum atomic E-state index is 2.20. The van der Waals surface area contributed by atoms with Crippen LogP contribution in [0.3, 0.4) is 0 Å². The largest absolute Gasteiger partial charge is 0.0795 e. The fourth-order valence-electron chi connectivity index (χ4n) is 1.20. The minimum absolute atomic E-state index is 0. The minimum Gasteiger partial charge on any atom is -0.0795 e. The van der Waals surface area contributed by atoms with Gasteiger partial charge in [-0.05, 0) is 17.5 Å². The molecule has 1 aromatic carbocycles. The van der Waals surface area contributed by atoms with Crippen LogP contribution in [0, 0.1) is 0 Å². The highest BCUT2D eigenvalue weighted by Crippen LogP contribution is 2.17. The number of rotatable bonds is 0. The number of hydrogen-bond acceptors (Lipinski definition) is 0. The highest BCUT2D eigenvalue weighted by atomic mass is 16.0. The van der Waals surface area contributed by atoms with Crippen molar-refractivity contribution in [3.05, 3.63) is 41.5 Å². The summed E-state index contributed by atoms with van der Waals surface area (Å²) >= 11 is 0. The first-order valence-corrected chi connectivity index (χ1v) is 3.21. The second-order valence-corrected chi connectivity index (χ2v) is 2.31. The standard InChI is InChI=1S/C9H8.O/c1-2-5-9-7-3-6-8(9)4-1;/h1-6H,7H2;. The predicted octanol–water partition coefficient (Wildman–Crippen LogP) is 2.14. The van der Waals surface area contributed by atoms with Gasteiger partial charge in [-0.3, -0.25) is 0 Å². The number of hydrogen-bond donors (Lipinski definition) is 0.